The third-order valence-corrected chi connectivity index (χ3v) is 4.16. The predicted molar refractivity (Wildman–Crippen MR) is 90.0 cm³/mol. The van der Waals surface area contributed by atoms with Crippen LogP contribution in [0.25, 0.3) is 0 Å². The first-order valence-electron chi connectivity index (χ1n) is 6.90. The highest BCUT2D eigenvalue weighted by Crippen LogP contribution is 2.33. The molecule has 1 aromatic heterocycles. The van der Waals surface area contributed by atoms with Gasteiger partial charge in [0.1, 0.15) is 5.75 Å². The number of nitro benzene ring substituents is 1. The molecule has 0 aliphatic carbocycles. The van der Waals surface area contributed by atoms with Crippen LogP contribution in [0.15, 0.2) is 40.8 Å². The molecule has 0 spiro atoms. The minimum Gasteiger partial charge on any atom is -0.495 e. The molecule has 0 saturated carbocycles. The summed E-state index contributed by atoms with van der Waals surface area (Å²) in [6, 6.07) is 4.40. The highest BCUT2D eigenvalue weighted by molar-refractivity contribution is 7.13. The normalized spacial score (nSPS) is 16.3. The van der Waals surface area contributed by atoms with Gasteiger partial charge in [-0.3, -0.25) is 15.1 Å². The largest absolute Gasteiger partial charge is 0.495 e. The molecule has 3 rings (SSSR count). The Morgan fingerprint density at radius 3 is 3.04 bits per heavy atom. The van der Waals surface area contributed by atoms with E-state index in [2.05, 4.69) is 15.3 Å². The zero-order valence-electron chi connectivity index (χ0n) is 12.3. The number of hydrogen-bond donors (Lipinski definition) is 1. The van der Waals surface area contributed by atoms with Crippen LogP contribution >= 0.6 is 11.3 Å². The number of ether oxygens (including phenoxy) is 1. The van der Waals surface area contributed by atoms with E-state index in [0.717, 1.165) is 12.1 Å². The number of methoxy groups -OCH3 is 1. The van der Waals surface area contributed by atoms with E-state index in [9.17, 15) is 10.1 Å². The fourth-order valence-electron chi connectivity index (χ4n) is 2.22. The Labute approximate surface area is 136 Å². The molecule has 2 aromatic rings. The van der Waals surface area contributed by atoms with Gasteiger partial charge in [-0.15, -0.1) is 11.3 Å². The Balaban J connectivity index is 1.83. The monoisotopic (exact) mass is 330 g/mol. The van der Waals surface area contributed by atoms with E-state index in [4.69, 9.17) is 4.74 Å². The molecule has 118 valence electrons. The van der Waals surface area contributed by atoms with Crippen molar-refractivity contribution in [3.8, 4) is 5.75 Å². The van der Waals surface area contributed by atoms with Gasteiger partial charge in [0.15, 0.2) is 5.13 Å². The van der Waals surface area contributed by atoms with Crippen LogP contribution in [0, 0.1) is 10.1 Å². The first-order chi connectivity index (χ1) is 11.2. The topological polar surface area (TPSA) is 89.7 Å². The number of anilines is 2. The average Bonchev–Trinajstić information content (AvgIpc) is 3.04. The van der Waals surface area contributed by atoms with Crippen molar-refractivity contribution in [2.45, 2.75) is 12.3 Å². The van der Waals surface area contributed by atoms with Gasteiger partial charge in [0.05, 0.1) is 23.4 Å². The molecule has 0 saturated heterocycles. The van der Waals surface area contributed by atoms with Gasteiger partial charge in [0, 0.05) is 35.8 Å². The summed E-state index contributed by atoms with van der Waals surface area (Å²) >= 11 is 1.44. The second-order valence-corrected chi connectivity index (χ2v) is 5.73. The van der Waals surface area contributed by atoms with Gasteiger partial charge in [-0.2, -0.15) is 0 Å². The fraction of sp³-hybridized carbons (Fsp3) is 0.200. The molecular formula is C15H14N4O3S. The number of aliphatic imine (C=N–C) groups is 1. The number of hydrogen-bond acceptors (Lipinski definition) is 7. The number of aromatic nitrogens is 1. The molecule has 1 aliphatic rings. The van der Waals surface area contributed by atoms with Crippen LogP contribution < -0.4 is 10.1 Å². The zero-order valence-corrected chi connectivity index (χ0v) is 13.1. The zero-order chi connectivity index (χ0) is 16.2. The number of nitro groups is 1. The van der Waals surface area contributed by atoms with Gasteiger partial charge in [0.25, 0.3) is 5.69 Å². The van der Waals surface area contributed by atoms with Crippen molar-refractivity contribution in [2.24, 2.45) is 4.99 Å². The lowest BCUT2D eigenvalue weighted by atomic mass is 10.0. The SMILES string of the molecule is COc1ccc([N+](=O)[O-])cc1Nc1nc(C2C=NC=CC2)cs1. The number of nitrogens with one attached hydrogen (secondary N) is 1. The van der Waals surface area contributed by atoms with Crippen LogP contribution in [-0.2, 0) is 0 Å². The number of rotatable bonds is 5. The highest BCUT2D eigenvalue weighted by atomic mass is 32.1. The van der Waals surface area contributed by atoms with Crippen molar-refractivity contribution >= 4 is 34.1 Å². The summed E-state index contributed by atoms with van der Waals surface area (Å²) in [5, 5.41) is 16.6. The molecule has 1 unspecified atom stereocenters. The van der Waals surface area contributed by atoms with Crippen molar-refractivity contribution in [2.75, 3.05) is 12.4 Å². The first kappa shape index (κ1) is 15.2. The van der Waals surface area contributed by atoms with E-state index >= 15 is 0 Å². The van der Waals surface area contributed by atoms with Crippen molar-refractivity contribution in [1.82, 2.24) is 4.98 Å². The maximum atomic E-state index is 10.9. The van der Waals surface area contributed by atoms with E-state index in [0.29, 0.717) is 16.6 Å². The molecule has 23 heavy (non-hydrogen) atoms. The van der Waals surface area contributed by atoms with E-state index in [1.165, 1.54) is 30.6 Å². The molecule has 1 aromatic carbocycles. The summed E-state index contributed by atoms with van der Waals surface area (Å²) in [6.45, 7) is 0. The molecule has 0 radical (unpaired) electrons. The van der Waals surface area contributed by atoms with Crippen LogP contribution in [-0.4, -0.2) is 23.2 Å². The third kappa shape index (κ3) is 3.37. The van der Waals surface area contributed by atoms with Crippen LogP contribution in [0.5, 0.6) is 5.75 Å². The van der Waals surface area contributed by atoms with E-state index in [1.54, 1.807) is 12.3 Å². The fourth-order valence-corrected chi connectivity index (χ4v) is 3.00. The number of allylic oxidation sites excluding steroid dienone is 1. The minimum atomic E-state index is -0.442. The minimum absolute atomic E-state index is 0.00497. The maximum absolute atomic E-state index is 10.9. The van der Waals surface area contributed by atoms with E-state index in [-0.39, 0.29) is 11.6 Å². The molecule has 8 heteroatoms. The standard InChI is InChI=1S/C15H14N4O3S/c1-22-14-5-4-11(19(20)21)7-12(14)17-15-18-13(9-23-15)10-3-2-6-16-8-10/h2,4-10H,3H2,1H3,(H,17,18). The van der Waals surface area contributed by atoms with Crippen LogP contribution in [0.2, 0.25) is 0 Å². The Morgan fingerprint density at radius 1 is 1.48 bits per heavy atom. The predicted octanol–water partition coefficient (Wildman–Crippen LogP) is 3.88. The highest BCUT2D eigenvalue weighted by Gasteiger charge is 2.16. The van der Waals surface area contributed by atoms with Gasteiger partial charge in [0.2, 0.25) is 0 Å². The van der Waals surface area contributed by atoms with Crippen LogP contribution in [0.3, 0.4) is 0 Å². The van der Waals surface area contributed by atoms with Crippen molar-refractivity contribution in [3.05, 3.63) is 51.7 Å². The van der Waals surface area contributed by atoms with Crippen molar-refractivity contribution in [3.63, 3.8) is 0 Å². The van der Waals surface area contributed by atoms with E-state index in [1.807, 2.05) is 17.7 Å². The Morgan fingerprint density at radius 2 is 2.35 bits per heavy atom. The summed E-state index contributed by atoms with van der Waals surface area (Å²) in [7, 11) is 1.52. The molecule has 0 fully saturated rings. The lowest BCUT2D eigenvalue weighted by Crippen LogP contribution is -2.02. The number of benzene rings is 1. The smallest absolute Gasteiger partial charge is 0.271 e. The van der Waals surface area contributed by atoms with Gasteiger partial charge in [-0.25, -0.2) is 4.98 Å². The average molecular weight is 330 g/mol. The number of thiazole rings is 1. The molecule has 0 amide bonds. The van der Waals surface area contributed by atoms with Gasteiger partial charge >= 0.3 is 0 Å². The van der Waals surface area contributed by atoms with Gasteiger partial charge in [-0.05, 0) is 12.5 Å². The maximum Gasteiger partial charge on any atom is 0.271 e. The summed E-state index contributed by atoms with van der Waals surface area (Å²) in [5.74, 6) is 0.688. The van der Waals surface area contributed by atoms with Crippen LogP contribution in [0.1, 0.15) is 18.0 Å². The molecule has 2 heterocycles. The molecule has 1 N–H and O–H groups in total. The van der Waals surface area contributed by atoms with E-state index < -0.39 is 4.92 Å². The lowest BCUT2D eigenvalue weighted by molar-refractivity contribution is -0.384. The Bertz CT molecular complexity index is 785. The first-order valence-corrected chi connectivity index (χ1v) is 7.78. The summed E-state index contributed by atoms with van der Waals surface area (Å²) < 4.78 is 5.24. The lowest BCUT2D eigenvalue weighted by Gasteiger charge is -2.10. The summed E-state index contributed by atoms with van der Waals surface area (Å²) in [6.07, 6.45) is 6.51. The molecule has 0 bridgehead atoms. The van der Waals surface area contributed by atoms with Crippen molar-refractivity contribution < 1.29 is 9.66 Å². The third-order valence-electron chi connectivity index (χ3n) is 3.38. The number of non-ortho nitro benzene ring substituents is 1. The quantitative estimate of drug-likeness (QED) is 0.664. The number of nitrogens with zero attached hydrogens (tertiary/aromatic N) is 3. The van der Waals surface area contributed by atoms with Gasteiger partial charge < -0.3 is 10.1 Å². The second-order valence-electron chi connectivity index (χ2n) is 4.87. The summed E-state index contributed by atoms with van der Waals surface area (Å²) in [4.78, 5) is 19.1. The van der Waals surface area contributed by atoms with Crippen LogP contribution in [0.4, 0.5) is 16.5 Å². The molecule has 1 atom stereocenters. The molecule has 7 nitrogen and oxygen atoms in total. The molecular weight excluding hydrogens is 316 g/mol. The Kier molecular flexibility index (Phi) is 4.33. The van der Waals surface area contributed by atoms with Crippen molar-refractivity contribution in [1.29, 1.82) is 0 Å². The Hall–Kier alpha value is -2.74. The molecule has 1 aliphatic heterocycles. The van der Waals surface area contributed by atoms with Gasteiger partial charge in [-0.1, -0.05) is 6.08 Å². The summed E-state index contributed by atoms with van der Waals surface area (Å²) in [5.41, 5.74) is 1.43. The second kappa shape index (κ2) is 6.57.